The Morgan fingerprint density at radius 2 is 2.33 bits per heavy atom. The van der Waals surface area contributed by atoms with E-state index in [0.29, 0.717) is 6.42 Å². The molecule has 0 atom stereocenters. The van der Waals surface area contributed by atoms with Crippen molar-refractivity contribution in [1.82, 2.24) is 0 Å². The van der Waals surface area contributed by atoms with Crippen LogP contribution in [0.15, 0.2) is 29.2 Å². The molecule has 12 heavy (non-hydrogen) atoms. The number of thioether (sulfide) groups is 1. The van der Waals surface area contributed by atoms with Crippen LogP contribution in [0.1, 0.15) is 12.0 Å². The molecule has 0 radical (unpaired) electrons. The Kier molecular flexibility index (Phi) is 3.69. The number of hydrogen-bond donors (Lipinski definition) is 0. The largest absolute Gasteiger partial charge is 0.198 e. The average molecular weight is 177 g/mol. The van der Waals surface area contributed by atoms with Crippen molar-refractivity contribution in [1.29, 1.82) is 5.26 Å². The summed E-state index contributed by atoms with van der Waals surface area (Å²) in [6.07, 6.45) is 3.53. The highest BCUT2D eigenvalue weighted by atomic mass is 32.2. The van der Waals surface area contributed by atoms with Crippen LogP contribution in [0.4, 0.5) is 0 Å². The van der Waals surface area contributed by atoms with Crippen LogP contribution in [0.2, 0.25) is 0 Å². The minimum absolute atomic E-state index is 0.609. The fourth-order valence-corrected chi connectivity index (χ4v) is 1.51. The van der Waals surface area contributed by atoms with Crippen molar-refractivity contribution < 1.29 is 0 Å². The van der Waals surface area contributed by atoms with Crippen molar-refractivity contribution in [2.24, 2.45) is 0 Å². The molecule has 0 spiro atoms. The molecule has 2 heteroatoms. The summed E-state index contributed by atoms with van der Waals surface area (Å²) in [4.78, 5) is 1.27. The van der Waals surface area contributed by atoms with Crippen LogP contribution in [0.3, 0.4) is 0 Å². The number of nitrogens with zero attached hydrogens (tertiary/aromatic N) is 1. The van der Waals surface area contributed by atoms with Crippen molar-refractivity contribution in [2.75, 3.05) is 6.26 Å². The Morgan fingerprint density at radius 1 is 1.50 bits per heavy atom. The molecule has 1 nitrogen and oxygen atoms in total. The third kappa shape index (κ3) is 2.60. The van der Waals surface area contributed by atoms with E-state index in [4.69, 9.17) is 5.26 Å². The van der Waals surface area contributed by atoms with Crippen LogP contribution in [-0.2, 0) is 6.42 Å². The van der Waals surface area contributed by atoms with E-state index in [1.807, 2.05) is 6.07 Å². The van der Waals surface area contributed by atoms with Gasteiger partial charge in [0.15, 0.2) is 0 Å². The van der Waals surface area contributed by atoms with Gasteiger partial charge >= 0.3 is 0 Å². The van der Waals surface area contributed by atoms with Crippen molar-refractivity contribution in [3.8, 4) is 6.07 Å². The monoisotopic (exact) mass is 177 g/mol. The van der Waals surface area contributed by atoms with E-state index in [1.54, 1.807) is 11.8 Å². The maximum absolute atomic E-state index is 8.40. The first kappa shape index (κ1) is 9.15. The molecule has 0 N–H and O–H groups in total. The van der Waals surface area contributed by atoms with Gasteiger partial charge in [-0.3, -0.25) is 0 Å². The second kappa shape index (κ2) is 4.84. The summed E-state index contributed by atoms with van der Waals surface area (Å²) in [5.41, 5.74) is 1.25. The highest BCUT2D eigenvalue weighted by Gasteiger charge is 1.93. The van der Waals surface area contributed by atoms with Gasteiger partial charge in [0, 0.05) is 11.3 Å². The third-order valence-corrected chi connectivity index (χ3v) is 2.38. The van der Waals surface area contributed by atoms with Gasteiger partial charge in [0.1, 0.15) is 0 Å². The molecule has 1 rings (SSSR count). The lowest BCUT2D eigenvalue weighted by Gasteiger charge is -1.99. The van der Waals surface area contributed by atoms with E-state index in [2.05, 4.69) is 30.5 Å². The second-order valence-corrected chi connectivity index (χ2v) is 3.39. The van der Waals surface area contributed by atoms with Crippen LogP contribution in [0.25, 0.3) is 0 Å². The molecule has 0 saturated heterocycles. The molecule has 1 aromatic rings. The smallest absolute Gasteiger partial charge is 0.0625 e. The van der Waals surface area contributed by atoms with E-state index in [0.717, 1.165) is 6.42 Å². The Bertz CT molecular complexity index is 288. The maximum Gasteiger partial charge on any atom is 0.0625 e. The molecule has 0 amide bonds. The minimum atomic E-state index is 0.609. The summed E-state index contributed by atoms with van der Waals surface area (Å²) in [7, 11) is 0. The fourth-order valence-electron chi connectivity index (χ4n) is 1.03. The Balaban J connectivity index is 2.67. The Hall–Kier alpha value is -0.940. The molecule has 0 aliphatic rings. The van der Waals surface area contributed by atoms with E-state index < -0.39 is 0 Å². The lowest BCUT2D eigenvalue weighted by molar-refractivity contribution is 1.00. The molecule has 62 valence electrons. The van der Waals surface area contributed by atoms with Gasteiger partial charge in [-0.15, -0.1) is 11.8 Å². The minimum Gasteiger partial charge on any atom is -0.198 e. The first-order valence-electron chi connectivity index (χ1n) is 3.86. The standard InChI is InChI=1S/C10H11NS/c1-12-10-6-2-4-9(8-10)5-3-7-11/h2,4,6,8H,3,5H2,1H3. The van der Waals surface area contributed by atoms with Crippen molar-refractivity contribution in [3.63, 3.8) is 0 Å². The van der Waals surface area contributed by atoms with Gasteiger partial charge in [0.2, 0.25) is 0 Å². The molecule has 0 bridgehead atoms. The number of benzene rings is 1. The van der Waals surface area contributed by atoms with Gasteiger partial charge in [-0.1, -0.05) is 12.1 Å². The first-order chi connectivity index (χ1) is 5.86. The van der Waals surface area contributed by atoms with Gasteiger partial charge in [-0.25, -0.2) is 0 Å². The SMILES string of the molecule is CSc1cccc(CCC#N)c1. The zero-order valence-electron chi connectivity index (χ0n) is 7.08. The summed E-state index contributed by atoms with van der Waals surface area (Å²) in [6.45, 7) is 0. The van der Waals surface area contributed by atoms with E-state index in [1.165, 1.54) is 10.5 Å². The van der Waals surface area contributed by atoms with Crippen LogP contribution in [0.5, 0.6) is 0 Å². The summed E-state index contributed by atoms with van der Waals surface area (Å²) in [5, 5.41) is 8.40. The number of aryl methyl sites for hydroxylation is 1. The average Bonchev–Trinajstić information content (AvgIpc) is 2.15. The number of hydrogen-bond acceptors (Lipinski definition) is 2. The van der Waals surface area contributed by atoms with E-state index in [9.17, 15) is 0 Å². The lowest BCUT2D eigenvalue weighted by atomic mass is 10.1. The van der Waals surface area contributed by atoms with Gasteiger partial charge in [0.25, 0.3) is 0 Å². The van der Waals surface area contributed by atoms with E-state index in [-0.39, 0.29) is 0 Å². The van der Waals surface area contributed by atoms with Crippen molar-refractivity contribution in [2.45, 2.75) is 17.7 Å². The normalized spacial score (nSPS) is 9.33. The van der Waals surface area contributed by atoms with Gasteiger partial charge < -0.3 is 0 Å². The first-order valence-corrected chi connectivity index (χ1v) is 5.09. The molecular weight excluding hydrogens is 166 g/mol. The van der Waals surface area contributed by atoms with Crippen LogP contribution in [0, 0.1) is 11.3 Å². The third-order valence-electron chi connectivity index (χ3n) is 1.66. The molecule has 0 aromatic heterocycles. The molecule has 0 fully saturated rings. The second-order valence-electron chi connectivity index (χ2n) is 2.51. The van der Waals surface area contributed by atoms with Crippen LogP contribution in [-0.4, -0.2) is 6.26 Å². The molecular formula is C10H11NS. The zero-order chi connectivity index (χ0) is 8.81. The van der Waals surface area contributed by atoms with Gasteiger partial charge in [0.05, 0.1) is 6.07 Å². The predicted molar refractivity (Wildman–Crippen MR) is 52.2 cm³/mol. The summed E-state index contributed by atoms with van der Waals surface area (Å²) in [5.74, 6) is 0. The molecule has 0 unspecified atom stereocenters. The molecule has 0 saturated carbocycles. The quantitative estimate of drug-likeness (QED) is 0.663. The van der Waals surface area contributed by atoms with Crippen molar-refractivity contribution >= 4 is 11.8 Å². The zero-order valence-corrected chi connectivity index (χ0v) is 7.90. The highest BCUT2D eigenvalue weighted by molar-refractivity contribution is 7.98. The molecule has 1 aromatic carbocycles. The summed E-state index contributed by atoms with van der Waals surface area (Å²) in [6, 6.07) is 10.5. The highest BCUT2D eigenvalue weighted by Crippen LogP contribution is 2.16. The molecule has 0 heterocycles. The molecule has 0 aliphatic carbocycles. The lowest BCUT2D eigenvalue weighted by Crippen LogP contribution is -1.83. The summed E-state index contributed by atoms with van der Waals surface area (Å²) >= 11 is 1.73. The number of nitriles is 1. The van der Waals surface area contributed by atoms with Crippen LogP contribution >= 0.6 is 11.8 Å². The molecule has 0 aliphatic heterocycles. The Morgan fingerprint density at radius 3 is 3.00 bits per heavy atom. The fraction of sp³-hybridized carbons (Fsp3) is 0.300. The van der Waals surface area contributed by atoms with E-state index >= 15 is 0 Å². The van der Waals surface area contributed by atoms with Crippen LogP contribution < -0.4 is 0 Å². The topological polar surface area (TPSA) is 23.8 Å². The number of rotatable bonds is 3. The summed E-state index contributed by atoms with van der Waals surface area (Å²) < 4.78 is 0. The predicted octanol–water partition coefficient (Wildman–Crippen LogP) is 2.86. The van der Waals surface area contributed by atoms with Crippen molar-refractivity contribution in [3.05, 3.63) is 29.8 Å². The maximum atomic E-state index is 8.40. The Labute approximate surface area is 77.4 Å². The van der Waals surface area contributed by atoms with Gasteiger partial charge in [-0.2, -0.15) is 5.26 Å². The van der Waals surface area contributed by atoms with Gasteiger partial charge in [-0.05, 0) is 30.4 Å².